The van der Waals surface area contributed by atoms with Gasteiger partial charge in [0.05, 0.1) is 13.2 Å². The molecule has 0 atom stereocenters. The summed E-state index contributed by atoms with van der Waals surface area (Å²) in [6.07, 6.45) is 2.42. The second-order valence-electron chi connectivity index (χ2n) is 4.58. The average molecular weight is 253 g/mol. The van der Waals surface area contributed by atoms with Crippen LogP contribution < -0.4 is 10.1 Å². The van der Waals surface area contributed by atoms with E-state index < -0.39 is 0 Å². The normalized spacial score (nSPS) is 22.6. The van der Waals surface area contributed by atoms with Crippen LogP contribution in [0.1, 0.15) is 25.3 Å². The zero-order valence-electron chi connectivity index (χ0n) is 10.9. The summed E-state index contributed by atoms with van der Waals surface area (Å²) >= 11 is 0. The average Bonchev–Trinajstić information content (AvgIpc) is 2.33. The molecule has 1 N–H and O–H groups in total. The van der Waals surface area contributed by atoms with Gasteiger partial charge in [-0.1, -0.05) is 6.07 Å². The summed E-state index contributed by atoms with van der Waals surface area (Å²) in [5.41, 5.74) is 0.677. The van der Waals surface area contributed by atoms with Crippen LogP contribution in [0.15, 0.2) is 18.2 Å². The number of nitrogens with one attached hydrogen (secondary N) is 1. The van der Waals surface area contributed by atoms with Crippen LogP contribution in [0.4, 0.5) is 4.39 Å². The van der Waals surface area contributed by atoms with Crippen molar-refractivity contribution in [3.63, 3.8) is 0 Å². The van der Waals surface area contributed by atoms with Gasteiger partial charge < -0.3 is 14.8 Å². The molecule has 1 aromatic carbocycles. The highest BCUT2D eigenvalue weighted by Gasteiger charge is 2.28. The Labute approximate surface area is 107 Å². The maximum Gasteiger partial charge on any atom is 0.131 e. The van der Waals surface area contributed by atoms with Crippen molar-refractivity contribution >= 4 is 0 Å². The molecule has 0 radical (unpaired) electrons. The monoisotopic (exact) mass is 253 g/mol. The fraction of sp³-hybridized carbons (Fsp3) is 0.571. The Balaban J connectivity index is 1.77. The van der Waals surface area contributed by atoms with Gasteiger partial charge in [-0.15, -0.1) is 0 Å². The molecule has 2 rings (SSSR count). The van der Waals surface area contributed by atoms with Gasteiger partial charge in [0.25, 0.3) is 0 Å². The largest absolute Gasteiger partial charge is 0.497 e. The summed E-state index contributed by atoms with van der Waals surface area (Å²) in [6.45, 7) is 3.33. The zero-order chi connectivity index (χ0) is 13.0. The molecular weight excluding hydrogens is 233 g/mol. The van der Waals surface area contributed by atoms with Crippen molar-refractivity contribution in [2.24, 2.45) is 0 Å². The third-order valence-corrected chi connectivity index (χ3v) is 3.34. The molecule has 18 heavy (non-hydrogen) atoms. The highest BCUT2D eigenvalue weighted by Crippen LogP contribution is 2.24. The van der Waals surface area contributed by atoms with Gasteiger partial charge >= 0.3 is 0 Å². The maximum atomic E-state index is 13.7. The molecule has 1 aromatic rings. The lowest BCUT2D eigenvalue weighted by Crippen LogP contribution is -2.45. The van der Waals surface area contributed by atoms with Crippen LogP contribution in [-0.2, 0) is 11.3 Å². The molecule has 4 heteroatoms. The van der Waals surface area contributed by atoms with Crippen LogP contribution in [0.5, 0.6) is 5.75 Å². The number of methoxy groups -OCH3 is 1. The number of hydrogen-bond acceptors (Lipinski definition) is 3. The van der Waals surface area contributed by atoms with Crippen LogP contribution in [0, 0.1) is 5.82 Å². The quantitative estimate of drug-likeness (QED) is 0.845. The molecule has 0 amide bonds. The van der Waals surface area contributed by atoms with E-state index in [0.29, 0.717) is 30.0 Å². The van der Waals surface area contributed by atoms with Crippen LogP contribution in [0.2, 0.25) is 0 Å². The standard InChI is InChI=1S/C14H20FNO2/c1-3-18-13-6-11(7-13)16-9-10-4-5-12(17-2)8-14(10)15/h4-5,8,11,13,16H,3,6-7,9H2,1-2H3. The molecule has 0 spiro atoms. The van der Waals surface area contributed by atoms with Crippen molar-refractivity contribution in [3.05, 3.63) is 29.6 Å². The predicted octanol–water partition coefficient (Wildman–Crippen LogP) is 2.49. The first-order chi connectivity index (χ1) is 8.72. The van der Waals surface area contributed by atoms with Crippen molar-refractivity contribution in [2.45, 2.75) is 38.5 Å². The Morgan fingerprint density at radius 3 is 2.78 bits per heavy atom. The van der Waals surface area contributed by atoms with Gasteiger partial charge in [0.2, 0.25) is 0 Å². The Bertz CT molecular complexity index is 391. The third kappa shape index (κ3) is 3.21. The van der Waals surface area contributed by atoms with Gasteiger partial charge in [-0.05, 0) is 25.8 Å². The number of halogens is 1. The molecule has 0 saturated heterocycles. The Hall–Kier alpha value is -1.13. The van der Waals surface area contributed by atoms with Gasteiger partial charge in [0, 0.05) is 30.8 Å². The lowest BCUT2D eigenvalue weighted by atomic mass is 9.89. The highest BCUT2D eigenvalue weighted by atomic mass is 19.1. The summed E-state index contributed by atoms with van der Waals surface area (Å²) in [6, 6.07) is 5.41. The molecule has 0 heterocycles. The van der Waals surface area contributed by atoms with E-state index in [1.807, 2.05) is 6.92 Å². The van der Waals surface area contributed by atoms with E-state index >= 15 is 0 Å². The summed E-state index contributed by atoms with van der Waals surface area (Å²) in [7, 11) is 1.54. The molecule has 1 aliphatic rings. The van der Waals surface area contributed by atoms with Crippen LogP contribution >= 0.6 is 0 Å². The van der Waals surface area contributed by atoms with Gasteiger partial charge in [-0.3, -0.25) is 0 Å². The van der Waals surface area contributed by atoms with Gasteiger partial charge in [-0.25, -0.2) is 4.39 Å². The third-order valence-electron chi connectivity index (χ3n) is 3.34. The first kappa shape index (κ1) is 13.3. The fourth-order valence-electron chi connectivity index (χ4n) is 2.16. The number of ether oxygens (including phenoxy) is 2. The summed E-state index contributed by atoms with van der Waals surface area (Å²) in [4.78, 5) is 0. The first-order valence-corrected chi connectivity index (χ1v) is 6.40. The zero-order valence-corrected chi connectivity index (χ0v) is 10.9. The minimum absolute atomic E-state index is 0.220. The minimum atomic E-state index is -0.220. The van der Waals surface area contributed by atoms with Crippen molar-refractivity contribution in [3.8, 4) is 5.75 Å². The van der Waals surface area contributed by atoms with E-state index in [4.69, 9.17) is 9.47 Å². The van der Waals surface area contributed by atoms with Gasteiger partial charge in [0.1, 0.15) is 11.6 Å². The summed E-state index contributed by atoms with van der Waals surface area (Å²) in [5.74, 6) is 0.332. The van der Waals surface area contributed by atoms with E-state index in [9.17, 15) is 4.39 Å². The number of rotatable bonds is 6. The first-order valence-electron chi connectivity index (χ1n) is 6.40. The Kier molecular flexibility index (Phi) is 4.55. The smallest absolute Gasteiger partial charge is 0.131 e. The second kappa shape index (κ2) is 6.16. The van der Waals surface area contributed by atoms with Crippen LogP contribution in [-0.4, -0.2) is 25.9 Å². The SMILES string of the molecule is CCOC1CC(NCc2ccc(OC)cc2F)C1. The lowest BCUT2D eigenvalue weighted by molar-refractivity contribution is -0.0102. The number of benzene rings is 1. The van der Waals surface area contributed by atoms with E-state index in [-0.39, 0.29) is 5.82 Å². The topological polar surface area (TPSA) is 30.5 Å². The van der Waals surface area contributed by atoms with E-state index in [1.165, 1.54) is 13.2 Å². The maximum absolute atomic E-state index is 13.7. The lowest BCUT2D eigenvalue weighted by Gasteiger charge is -2.35. The number of hydrogen-bond donors (Lipinski definition) is 1. The molecule has 1 aliphatic carbocycles. The molecule has 0 aromatic heterocycles. The summed E-state index contributed by atoms with van der Waals surface area (Å²) in [5, 5.41) is 3.34. The predicted molar refractivity (Wildman–Crippen MR) is 68.2 cm³/mol. The van der Waals surface area contributed by atoms with Crippen molar-refractivity contribution in [1.82, 2.24) is 5.32 Å². The van der Waals surface area contributed by atoms with Crippen molar-refractivity contribution < 1.29 is 13.9 Å². The van der Waals surface area contributed by atoms with Gasteiger partial charge in [-0.2, -0.15) is 0 Å². The molecule has 1 fully saturated rings. The minimum Gasteiger partial charge on any atom is -0.497 e. The Morgan fingerprint density at radius 2 is 2.17 bits per heavy atom. The van der Waals surface area contributed by atoms with Crippen LogP contribution in [0.25, 0.3) is 0 Å². The fourth-order valence-corrected chi connectivity index (χ4v) is 2.16. The van der Waals surface area contributed by atoms with Crippen molar-refractivity contribution in [1.29, 1.82) is 0 Å². The van der Waals surface area contributed by atoms with E-state index in [1.54, 1.807) is 12.1 Å². The van der Waals surface area contributed by atoms with E-state index in [0.717, 1.165) is 19.4 Å². The molecule has 0 aliphatic heterocycles. The Morgan fingerprint density at radius 1 is 1.39 bits per heavy atom. The molecule has 0 bridgehead atoms. The molecular formula is C14H20FNO2. The van der Waals surface area contributed by atoms with Gasteiger partial charge in [0.15, 0.2) is 0 Å². The van der Waals surface area contributed by atoms with E-state index in [2.05, 4.69) is 5.32 Å². The summed E-state index contributed by atoms with van der Waals surface area (Å²) < 4.78 is 24.1. The van der Waals surface area contributed by atoms with Crippen LogP contribution in [0.3, 0.4) is 0 Å². The molecule has 3 nitrogen and oxygen atoms in total. The van der Waals surface area contributed by atoms with Crippen molar-refractivity contribution in [2.75, 3.05) is 13.7 Å². The highest BCUT2D eigenvalue weighted by molar-refractivity contribution is 5.28. The second-order valence-corrected chi connectivity index (χ2v) is 4.58. The molecule has 100 valence electrons. The molecule has 0 unspecified atom stereocenters. The molecule has 1 saturated carbocycles.